The second kappa shape index (κ2) is 5.70. The van der Waals surface area contributed by atoms with Crippen LogP contribution in [0.1, 0.15) is 12.0 Å². The number of ether oxygens (including phenoxy) is 1. The van der Waals surface area contributed by atoms with Crippen molar-refractivity contribution in [3.05, 3.63) is 45.6 Å². The lowest BCUT2D eigenvalue weighted by molar-refractivity contribution is -0.170. The molecule has 2 heterocycles. The number of aliphatic carboxylic acids is 1. The molecule has 0 radical (unpaired) electrons. The van der Waals surface area contributed by atoms with Gasteiger partial charge in [0.1, 0.15) is 5.76 Å². The molecule has 2 fully saturated rings. The number of amides is 1. The molecule has 0 aromatic heterocycles. The van der Waals surface area contributed by atoms with Crippen LogP contribution in [-0.2, 0) is 20.7 Å². The van der Waals surface area contributed by atoms with E-state index in [2.05, 4.69) is 0 Å². The van der Waals surface area contributed by atoms with Crippen LogP contribution in [0.25, 0.3) is 0 Å². The maximum Gasteiger partial charge on any atom is 0.338 e. The average molecular weight is 358 g/mol. The summed E-state index contributed by atoms with van der Waals surface area (Å²) in [6.07, 6.45) is 0.643. The van der Waals surface area contributed by atoms with E-state index in [1.54, 1.807) is 18.2 Å². The third kappa shape index (κ3) is 2.38. The number of fused-ring (bicyclic) bond motifs is 1. The number of rotatable bonds is 4. The third-order valence-corrected chi connectivity index (χ3v) is 4.68. The minimum absolute atomic E-state index is 0.0411. The highest BCUT2D eigenvalue weighted by Gasteiger charge is 2.64. The lowest BCUT2D eigenvalue weighted by Crippen LogP contribution is -2.63. The van der Waals surface area contributed by atoms with Crippen LogP contribution in [0.15, 0.2) is 30.0 Å². The van der Waals surface area contributed by atoms with E-state index < -0.39 is 24.3 Å². The van der Waals surface area contributed by atoms with Crippen LogP contribution in [0.4, 0.5) is 0 Å². The lowest BCUT2D eigenvalue weighted by Gasteiger charge is -2.40. The fourth-order valence-corrected chi connectivity index (χ4v) is 3.39. The second-order valence-electron chi connectivity index (χ2n) is 5.37. The quantitative estimate of drug-likeness (QED) is 0.802. The normalized spacial score (nSPS) is 27.6. The van der Waals surface area contributed by atoms with Crippen molar-refractivity contribution in [3.63, 3.8) is 0 Å². The third-order valence-electron chi connectivity index (χ3n) is 4.07. The largest absolute Gasteiger partial charge is 0.479 e. The zero-order chi connectivity index (χ0) is 16.8. The zero-order valence-corrected chi connectivity index (χ0v) is 13.3. The summed E-state index contributed by atoms with van der Waals surface area (Å²) >= 11 is 12.1. The van der Waals surface area contributed by atoms with E-state index in [1.807, 2.05) is 0 Å². The monoisotopic (exact) mass is 357 g/mol. The second-order valence-corrected chi connectivity index (χ2v) is 6.21. The molecule has 6 nitrogen and oxygen atoms in total. The Kier molecular flexibility index (Phi) is 4.00. The summed E-state index contributed by atoms with van der Waals surface area (Å²) in [5.41, 5.74) is -1.24. The van der Waals surface area contributed by atoms with Crippen LogP contribution in [0.5, 0.6) is 0 Å². The molecular weight excluding hydrogens is 345 g/mol. The van der Waals surface area contributed by atoms with E-state index in [0.29, 0.717) is 15.6 Å². The molecule has 1 amide bonds. The predicted octanol–water partition coefficient (Wildman–Crippen LogP) is 1.82. The fraction of sp³-hybridized carbons (Fsp3) is 0.333. The lowest BCUT2D eigenvalue weighted by atomic mass is 9.85. The van der Waals surface area contributed by atoms with Crippen molar-refractivity contribution in [3.8, 4) is 0 Å². The number of β-lactam (4-membered cyclic amide) rings is 1. The number of carbonyl (C=O) groups excluding carboxylic acids is 1. The van der Waals surface area contributed by atoms with Gasteiger partial charge < -0.3 is 14.9 Å². The molecule has 0 spiro atoms. The number of aliphatic hydroxyl groups is 1. The topological polar surface area (TPSA) is 87.1 Å². The summed E-state index contributed by atoms with van der Waals surface area (Å²) in [5, 5.41) is 19.8. The molecule has 8 heteroatoms. The van der Waals surface area contributed by atoms with Gasteiger partial charge in [-0.3, -0.25) is 9.69 Å². The van der Waals surface area contributed by atoms with Crippen molar-refractivity contribution >= 4 is 35.1 Å². The smallest absolute Gasteiger partial charge is 0.338 e. The van der Waals surface area contributed by atoms with Gasteiger partial charge in [-0.2, -0.15) is 0 Å². The molecule has 1 aromatic rings. The maximum atomic E-state index is 12.1. The number of nitrogens with zero attached hydrogens (tertiary/aromatic N) is 1. The number of halogens is 2. The number of benzene rings is 1. The van der Waals surface area contributed by atoms with Gasteiger partial charge in [-0.1, -0.05) is 23.2 Å². The van der Waals surface area contributed by atoms with E-state index in [0.717, 1.165) is 0 Å². The predicted molar refractivity (Wildman–Crippen MR) is 82.0 cm³/mol. The summed E-state index contributed by atoms with van der Waals surface area (Å²) < 4.78 is 5.54. The highest BCUT2D eigenvalue weighted by molar-refractivity contribution is 6.33. The first-order valence-corrected chi connectivity index (χ1v) is 7.63. The maximum absolute atomic E-state index is 12.1. The summed E-state index contributed by atoms with van der Waals surface area (Å²) in [4.78, 5) is 25.2. The van der Waals surface area contributed by atoms with Gasteiger partial charge >= 0.3 is 5.97 Å². The van der Waals surface area contributed by atoms with Crippen molar-refractivity contribution in [2.45, 2.75) is 24.6 Å². The van der Waals surface area contributed by atoms with Crippen LogP contribution < -0.4 is 0 Å². The van der Waals surface area contributed by atoms with E-state index >= 15 is 0 Å². The van der Waals surface area contributed by atoms with Crippen LogP contribution in [-0.4, -0.2) is 45.4 Å². The molecule has 2 N–H and O–H groups in total. The van der Waals surface area contributed by atoms with Crippen LogP contribution in [0.3, 0.4) is 0 Å². The summed E-state index contributed by atoms with van der Waals surface area (Å²) in [6.45, 7) is -0.400. The van der Waals surface area contributed by atoms with Gasteiger partial charge in [0.15, 0.2) is 6.23 Å². The summed E-state index contributed by atoms with van der Waals surface area (Å²) in [7, 11) is 0. The van der Waals surface area contributed by atoms with Crippen molar-refractivity contribution in [1.29, 1.82) is 0 Å². The molecule has 23 heavy (non-hydrogen) atoms. The van der Waals surface area contributed by atoms with Gasteiger partial charge in [0.25, 0.3) is 0 Å². The first kappa shape index (κ1) is 16.1. The molecule has 0 unspecified atom stereocenters. The summed E-state index contributed by atoms with van der Waals surface area (Å²) in [5.74, 6) is -1.53. The standard InChI is InChI=1S/C15H13Cl2NO5/c16-9-1-2-10(17)8(5-9)7-15(14(21)22)11(3-4-19)23-13-6-12(20)18(13)15/h1-3,5,13,19H,4,6-7H2,(H,21,22)/b11-3-/t13-,15-/m1/s1. The van der Waals surface area contributed by atoms with Gasteiger partial charge in [0, 0.05) is 16.5 Å². The van der Waals surface area contributed by atoms with Crippen LogP contribution in [0, 0.1) is 0 Å². The number of aliphatic hydroxyl groups excluding tert-OH is 1. The fourth-order valence-electron chi connectivity index (χ4n) is 3.01. The van der Waals surface area contributed by atoms with Crippen molar-refractivity contribution in [2.75, 3.05) is 6.61 Å². The number of carboxylic acid groups (broad SMARTS) is 1. The molecule has 2 aliphatic heterocycles. The zero-order valence-electron chi connectivity index (χ0n) is 11.8. The Morgan fingerprint density at radius 3 is 2.83 bits per heavy atom. The van der Waals surface area contributed by atoms with E-state index in [9.17, 15) is 14.7 Å². The van der Waals surface area contributed by atoms with Crippen molar-refractivity contribution < 1.29 is 24.5 Å². The highest BCUT2D eigenvalue weighted by Crippen LogP contribution is 2.46. The molecule has 3 rings (SSSR count). The highest BCUT2D eigenvalue weighted by atomic mass is 35.5. The number of carbonyl (C=O) groups is 2. The average Bonchev–Trinajstić information content (AvgIpc) is 2.72. The Morgan fingerprint density at radius 2 is 2.22 bits per heavy atom. The van der Waals surface area contributed by atoms with Gasteiger partial charge in [0.2, 0.25) is 11.4 Å². The first-order chi connectivity index (χ1) is 10.9. The Bertz CT molecular complexity index is 720. The molecule has 0 bridgehead atoms. The Balaban J connectivity index is 2.11. The molecule has 0 saturated carbocycles. The molecule has 2 saturated heterocycles. The van der Waals surface area contributed by atoms with Crippen LogP contribution >= 0.6 is 23.2 Å². The van der Waals surface area contributed by atoms with E-state index in [1.165, 1.54) is 11.0 Å². The Hall–Kier alpha value is -1.76. The molecule has 122 valence electrons. The van der Waals surface area contributed by atoms with Gasteiger partial charge in [0.05, 0.1) is 13.0 Å². The summed E-state index contributed by atoms with van der Waals surface area (Å²) in [6, 6.07) is 4.71. The van der Waals surface area contributed by atoms with Crippen LogP contribution in [0.2, 0.25) is 10.0 Å². The Labute approximate surface area is 141 Å². The van der Waals surface area contributed by atoms with E-state index in [-0.39, 0.29) is 24.5 Å². The first-order valence-electron chi connectivity index (χ1n) is 6.88. The molecule has 0 aliphatic carbocycles. The number of carboxylic acids is 1. The van der Waals surface area contributed by atoms with Crippen molar-refractivity contribution in [1.82, 2.24) is 4.90 Å². The minimum Gasteiger partial charge on any atom is -0.479 e. The van der Waals surface area contributed by atoms with Gasteiger partial charge in [-0.25, -0.2) is 4.79 Å². The molecule has 1 aromatic carbocycles. The van der Waals surface area contributed by atoms with E-state index in [4.69, 9.17) is 33.0 Å². The molecule has 2 atom stereocenters. The minimum atomic E-state index is -1.73. The molecular formula is C15H13Cl2NO5. The molecule has 2 aliphatic rings. The van der Waals surface area contributed by atoms with Crippen molar-refractivity contribution in [2.24, 2.45) is 0 Å². The number of hydrogen-bond acceptors (Lipinski definition) is 4. The van der Waals surface area contributed by atoms with Gasteiger partial charge in [-0.05, 0) is 29.8 Å². The van der Waals surface area contributed by atoms with Gasteiger partial charge in [-0.15, -0.1) is 0 Å². The Morgan fingerprint density at radius 1 is 1.48 bits per heavy atom. The number of hydrogen-bond donors (Lipinski definition) is 2. The SMILES string of the molecule is O=C1C[C@H]2O/C(=C\CO)[C@](Cc3cc(Cl)ccc3Cl)(C(=O)O)N12.